The Morgan fingerprint density at radius 3 is 2.51 bits per heavy atom. The van der Waals surface area contributed by atoms with Gasteiger partial charge < -0.3 is 18.7 Å². The molecule has 35 heavy (non-hydrogen) atoms. The minimum Gasteiger partial charge on any atom is -0.497 e. The zero-order chi connectivity index (χ0) is 24.6. The van der Waals surface area contributed by atoms with E-state index < -0.39 is 0 Å². The summed E-state index contributed by atoms with van der Waals surface area (Å²) in [5, 5.41) is 4.26. The van der Waals surface area contributed by atoms with Crippen LogP contribution in [0.25, 0.3) is 22.7 Å². The Bertz CT molecular complexity index is 1330. The van der Waals surface area contributed by atoms with Gasteiger partial charge in [0.15, 0.2) is 5.82 Å². The molecule has 5 rings (SSSR count). The third-order valence-electron chi connectivity index (χ3n) is 7.18. The Hall–Kier alpha value is -3.94. The summed E-state index contributed by atoms with van der Waals surface area (Å²) in [6.07, 6.45) is 4.95. The number of benzene rings is 1. The van der Waals surface area contributed by atoms with Gasteiger partial charge in [0, 0.05) is 49.3 Å². The van der Waals surface area contributed by atoms with Gasteiger partial charge in [-0.25, -0.2) is 0 Å². The first-order valence-corrected chi connectivity index (χ1v) is 11.7. The van der Waals surface area contributed by atoms with Crippen LogP contribution in [-0.4, -0.2) is 50.7 Å². The van der Waals surface area contributed by atoms with Gasteiger partial charge in [-0.05, 0) is 67.8 Å². The Balaban J connectivity index is 1.31. The number of amides is 1. The summed E-state index contributed by atoms with van der Waals surface area (Å²) < 4.78 is 12.8. The third-order valence-corrected chi connectivity index (χ3v) is 7.18. The number of nitrogens with zero attached hydrogens (tertiary/aromatic N) is 5. The Labute approximate surface area is 204 Å². The molecule has 4 heterocycles. The maximum Gasteiger partial charge on any atom is 0.259 e. The largest absolute Gasteiger partial charge is 0.497 e. The first kappa shape index (κ1) is 22.8. The topological polar surface area (TPSA) is 86.3 Å². The Kier molecular flexibility index (Phi) is 5.88. The van der Waals surface area contributed by atoms with Crippen molar-refractivity contribution in [3.8, 4) is 28.5 Å². The average Bonchev–Trinajstić information content (AvgIpc) is 3.51. The van der Waals surface area contributed by atoms with E-state index in [1.54, 1.807) is 19.5 Å². The molecule has 1 aliphatic heterocycles. The van der Waals surface area contributed by atoms with Crippen molar-refractivity contribution in [3.63, 3.8) is 0 Å². The van der Waals surface area contributed by atoms with Crippen LogP contribution in [0.3, 0.4) is 0 Å². The number of carbonyl (C=O) groups excluding carboxylic acids is 1. The molecule has 0 radical (unpaired) electrons. The van der Waals surface area contributed by atoms with Crippen molar-refractivity contribution in [1.82, 2.24) is 24.6 Å². The molecule has 8 nitrogen and oxygen atoms in total. The number of pyridine rings is 1. The fourth-order valence-electron chi connectivity index (χ4n) is 4.63. The normalized spacial score (nSPS) is 15.3. The molecule has 8 heteroatoms. The molecule has 3 aromatic heterocycles. The van der Waals surface area contributed by atoms with Crippen LogP contribution in [0.2, 0.25) is 0 Å². The highest BCUT2D eigenvalue weighted by Gasteiger charge is 2.38. The van der Waals surface area contributed by atoms with E-state index in [4.69, 9.17) is 9.26 Å². The van der Waals surface area contributed by atoms with E-state index in [1.807, 2.05) is 61.3 Å². The Morgan fingerprint density at radius 1 is 1.11 bits per heavy atom. The molecule has 0 N–H and O–H groups in total. The van der Waals surface area contributed by atoms with Crippen LogP contribution in [0.15, 0.2) is 59.4 Å². The first-order valence-electron chi connectivity index (χ1n) is 11.7. The fraction of sp³-hybridized carbons (Fsp3) is 0.333. The van der Waals surface area contributed by atoms with Gasteiger partial charge in [-0.15, -0.1) is 0 Å². The van der Waals surface area contributed by atoms with Crippen LogP contribution < -0.4 is 4.74 Å². The summed E-state index contributed by atoms with van der Waals surface area (Å²) in [7, 11) is 3.65. The van der Waals surface area contributed by atoms with Crippen molar-refractivity contribution >= 4 is 5.91 Å². The van der Waals surface area contributed by atoms with Crippen molar-refractivity contribution < 1.29 is 14.1 Å². The molecule has 1 fully saturated rings. The van der Waals surface area contributed by atoms with Crippen LogP contribution in [0.1, 0.15) is 41.6 Å². The zero-order valence-corrected chi connectivity index (χ0v) is 20.5. The van der Waals surface area contributed by atoms with Gasteiger partial charge in [0.05, 0.1) is 18.2 Å². The van der Waals surface area contributed by atoms with Crippen molar-refractivity contribution in [2.75, 3.05) is 20.2 Å². The molecule has 180 valence electrons. The molecule has 0 spiro atoms. The summed E-state index contributed by atoms with van der Waals surface area (Å²) in [6.45, 7) is 5.41. The van der Waals surface area contributed by atoms with Gasteiger partial charge >= 0.3 is 0 Å². The second-order valence-electron chi connectivity index (χ2n) is 9.33. The molecule has 1 saturated heterocycles. The monoisotopic (exact) mass is 471 g/mol. The van der Waals surface area contributed by atoms with E-state index in [0.29, 0.717) is 24.8 Å². The summed E-state index contributed by atoms with van der Waals surface area (Å²) in [5.74, 6) is 2.02. The molecule has 0 unspecified atom stereocenters. The predicted octanol–water partition coefficient (Wildman–Crippen LogP) is 4.65. The Morgan fingerprint density at radius 2 is 1.86 bits per heavy atom. The second kappa shape index (κ2) is 9.02. The lowest BCUT2D eigenvalue weighted by molar-refractivity contribution is 0.0669. The molecule has 0 atom stereocenters. The molecule has 0 saturated carbocycles. The molecule has 1 amide bonds. The number of piperidine rings is 1. The molecular formula is C27H29N5O3. The lowest BCUT2D eigenvalue weighted by atomic mass is 9.79. The van der Waals surface area contributed by atoms with Crippen molar-refractivity contribution in [1.29, 1.82) is 0 Å². The number of likely N-dealkylation sites (tertiary alicyclic amines) is 1. The second-order valence-corrected chi connectivity index (χ2v) is 9.33. The van der Waals surface area contributed by atoms with E-state index in [2.05, 4.69) is 26.6 Å². The molecule has 1 aliphatic rings. The predicted molar refractivity (Wildman–Crippen MR) is 132 cm³/mol. The van der Waals surface area contributed by atoms with Gasteiger partial charge in [-0.3, -0.25) is 9.78 Å². The molecular weight excluding hydrogens is 442 g/mol. The standard InChI is InChI=1S/C27H29N5O3/c1-18-22(16-23(31(18)3)19-7-9-21(34-4)10-8-19)25(33)32-14-11-27(2,12-15-32)26-29-24(35-30-26)20-6-5-13-28-17-20/h5-10,13,16-17H,11-12,14-15H2,1-4H3. The van der Waals surface area contributed by atoms with Crippen LogP contribution in [0.4, 0.5) is 0 Å². The minimum atomic E-state index is -0.249. The lowest BCUT2D eigenvalue weighted by Crippen LogP contribution is -2.44. The summed E-state index contributed by atoms with van der Waals surface area (Å²) in [6, 6.07) is 13.6. The molecule has 4 aromatic rings. The molecule has 0 aliphatic carbocycles. The highest BCUT2D eigenvalue weighted by atomic mass is 16.5. The number of hydrogen-bond acceptors (Lipinski definition) is 6. The van der Waals surface area contributed by atoms with Crippen LogP contribution >= 0.6 is 0 Å². The van der Waals surface area contributed by atoms with E-state index >= 15 is 0 Å². The zero-order valence-electron chi connectivity index (χ0n) is 20.5. The SMILES string of the molecule is COc1ccc(-c2cc(C(=O)N3CCC(C)(c4noc(-c5cccnc5)n4)CC3)c(C)n2C)cc1. The van der Waals surface area contributed by atoms with Crippen molar-refractivity contribution in [2.45, 2.75) is 32.1 Å². The highest BCUT2D eigenvalue weighted by Crippen LogP contribution is 2.35. The smallest absolute Gasteiger partial charge is 0.259 e. The van der Waals surface area contributed by atoms with Gasteiger partial charge in [0.2, 0.25) is 0 Å². The van der Waals surface area contributed by atoms with E-state index in [9.17, 15) is 4.79 Å². The molecule has 0 bridgehead atoms. The van der Waals surface area contributed by atoms with E-state index in [-0.39, 0.29) is 11.3 Å². The number of hydrogen-bond donors (Lipinski definition) is 0. The maximum atomic E-state index is 13.5. The van der Waals surface area contributed by atoms with Crippen molar-refractivity contribution in [2.24, 2.45) is 7.05 Å². The van der Waals surface area contributed by atoms with Crippen LogP contribution in [-0.2, 0) is 12.5 Å². The summed E-state index contributed by atoms with van der Waals surface area (Å²) in [5.41, 5.74) is 4.29. The maximum absolute atomic E-state index is 13.5. The number of ether oxygens (including phenoxy) is 1. The van der Waals surface area contributed by atoms with Gasteiger partial charge in [0.25, 0.3) is 11.8 Å². The fourth-order valence-corrected chi connectivity index (χ4v) is 4.63. The highest BCUT2D eigenvalue weighted by molar-refractivity contribution is 5.97. The first-order chi connectivity index (χ1) is 16.9. The third kappa shape index (κ3) is 4.20. The van der Waals surface area contributed by atoms with Gasteiger partial charge in [-0.1, -0.05) is 12.1 Å². The van der Waals surface area contributed by atoms with Crippen LogP contribution in [0.5, 0.6) is 5.75 Å². The van der Waals surface area contributed by atoms with Gasteiger partial charge in [0.1, 0.15) is 5.75 Å². The number of rotatable bonds is 5. The van der Waals surface area contributed by atoms with Crippen molar-refractivity contribution in [3.05, 3.63) is 71.9 Å². The quantitative estimate of drug-likeness (QED) is 0.421. The summed E-state index contributed by atoms with van der Waals surface area (Å²) in [4.78, 5) is 24.2. The van der Waals surface area contributed by atoms with Crippen LogP contribution in [0, 0.1) is 6.92 Å². The number of aromatic nitrogens is 4. The van der Waals surface area contributed by atoms with Gasteiger partial charge in [-0.2, -0.15) is 4.98 Å². The summed E-state index contributed by atoms with van der Waals surface area (Å²) >= 11 is 0. The van der Waals surface area contributed by atoms with E-state index in [0.717, 1.165) is 46.7 Å². The number of carbonyl (C=O) groups is 1. The average molecular weight is 472 g/mol. The molecule has 1 aromatic carbocycles. The minimum absolute atomic E-state index is 0.0593. The number of methoxy groups -OCH3 is 1. The lowest BCUT2D eigenvalue weighted by Gasteiger charge is -2.37. The van der Waals surface area contributed by atoms with E-state index in [1.165, 1.54) is 0 Å².